The van der Waals surface area contributed by atoms with Gasteiger partial charge in [0.05, 0.1) is 24.3 Å². The zero-order valence-electron chi connectivity index (χ0n) is 21.0. The molecule has 1 aliphatic rings. The molecular formula is C25H33N3O7S. The van der Waals surface area contributed by atoms with Crippen LogP contribution in [0.4, 0.5) is 11.4 Å². The Morgan fingerprint density at radius 3 is 2.56 bits per heavy atom. The normalized spacial score (nSPS) is 16.4. The number of sulfonamides is 1. The number of anilines is 1. The molecule has 0 bridgehead atoms. The molecule has 0 unspecified atom stereocenters. The van der Waals surface area contributed by atoms with Crippen molar-refractivity contribution in [2.24, 2.45) is 0 Å². The molecule has 2 aromatic carbocycles. The van der Waals surface area contributed by atoms with Crippen LogP contribution in [0.25, 0.3) is 0 Å². The van der Waals surface area contributed by atoms with E-state index in [9.17, 15) is 23.3 Å². The fourth-order valence-electron chi connectivity index (χ4n) is 4.53. The smallest absolute Gasteiger partial charge is 0.271 e. The number of ether oxygens (including phenoxy) is 2. The van der Waals surface area contributed by atoms with Gasteiger partial charge < -0.3 is 14.8 Å². The number of nitro groups is 1. The van der Waals surface area contributed by atoms with Crippen LogP contribution in [0.1, 0.15) is 57.6 Å². The Labute approximate surface area is 211 Å². The molecule has 1 heterocycles. The number of nitrogens with one attached hydrogen (secondary N) is 1. The van der Waals surface area contributed by atoms with Gasteiger partial charge in [-0.2, -0.15) is 0 Å². The average Bonchev–Trinajstić information content (AvgIpc) is 2.85. The molecule has 0 saturated carbocycles. The number of fused-ring (bicyclic) bond motifs is 1. The predicted molar refractivity (Wildman–Crippen MR) is 137 cm³/mol. The molecule has 0 aliphatic carbocycles. The highest BCUT2D eigenvalue weighted by Crippen LogP contribution is 2.42. The van der Waals surface area contributed by atoms with Gasteiger partial charge in [0, 0.05) is 37.1 Å². The molecule has 1 atom stereocenters. The summed E-state index contributed by atoms with van der Waals surface area (Å²) in [5, 5.41) is 14.3. The molecule has 36 heavy (non-hydrogen) atoms. The van der Waals surface area contributed by atoms with Crippen molar-refractivity contribution in [3.63, 3.8) is 0 Å². The molecule has 11 heteroatoms. The maximum atomic E-state index is 12.9. The Morgan fingerprint density at radius 2 is 1.94 bits per heavy atom. The third-order valence-electron chi connectivity index (χ3n) is 6.63. The Balaban J connectivity index is 1.73. The minimum absolute atomic E-state index is 0.0397. The van der Waals surface area contributed by atoms with Gasteiger partial charge in [-0.3, -0.25) is 19.2 Å². The summed E-state index contributed by atoms with van der Waals surface area (Å²) in [6.45, 7) is 4.10. The Morgan fingerprint density at radius 1 is 1.25 bits per heavy atom. The molecular weight excluding hydrogens is 486 g/mol. The van der Waals surface area contributed by atoms with Crippen molar-refractivity contribution < 1.29 is 27.6 Å². The first-order valence-electron chi connectivity index (χ1n) is 11.9. The molecule has 1 N–H and O–H groups in total. The zero-order chi connectivity index (χ0) is 26.5. The van der Waals surface area contributed by atoms with E-state index in [0.717, 1.165) is 40.8 Å². The molecule has 196 valence electrons. The first kappa shape index (κ1) is 27.3. The van der Waals surface area contributed by atoms with Crippen molar-refractivity contribution in [1.29, 1.82) is 0 Å². The number of nitrogens with zero attached hydrogens (tertiary/aromatic N) is 2. The van der Waals surface area contributed by atoms with Crippen molar-refractivity contribution in [2.75, 3.05) is 24.2 Å². The zero-order valence-corrected chi connectivity index (χ0v) is 21.8. The summed E-state index contributed by atoms with van der Waals surface area (Å²) < 4.78 is 37.6. The largest absolute Gasteiger partial charge is 0.495 e. The highest BCUT2D eigenvalue weighted by molar-refractivity contribution is 7.92. The summed E-state index contributed by atoms with van der Waals surface area (Å²) in [6.07, 6.45) is 3.55. The van der Waals surface area contributed by atoms with E-state index in [0.29, 0.717) is 6.42 Å². The van der Waals surface area contributed by atoms with Crippen LogP contribution in [0.5, 0.6) is 11.5 Å². The molecule has 10 nitrogen and oxygen atoms in total. The lowest BCUT2D eigenvalue weighted by Crippen LogP contribution is -2.44. The number of methoxy groups -OCH3 is 1. The summed E-state index contributed by atoms with van der Waals surface area (Å²) in [4.78, 5) is 23.5. The number of hydrogen-bond acceptors (Lipinski definition) is 7. The number of benzene rings is 2. The molecule has 0 spiro atoms. The van der Waals surface area contributed by atoms with Gasteiger partial charge in [-0.25, -0.2) is 8.42 Å². The van der Waals surface area contributed by atoms with E-state index >= 15 is 0 Å². The van der Waals surface area contributed by atoms with Crippen LogP contribution in [0, 0.1) is 10.1 Å². The first-order chi connectivity index (χ1) is 17.0. The highest BCUT2D eigenvalue weighted by Gasteiger charge is 2.38. The number of carbonyl (C=O) groups is 1. The summed E-state index contributed by atoms with van der Waals surface area (Å²) in [6, 6.07) is 11.2. The minimum Gasteiger partial charge on any atom is -0.495 e. The summed E-state index contributed by atoms with van der Waals surface area (Å²) >= 11 is 0. The fourth-order valence-corrected chi connectivity index (χ4v) is 5.49. The van der Waals surface area contributed by atoms with Crippen molar-refractivity contribution in [3.05, 3.63) is 58.1 Å². The fraction of sp³-hybridized carbons (Fsp3) is 0.480. The van der Waals surface area contributed by atoms with Gasteiger partial charge in [-0.05, 0) is 31.4 Å². The summed E-state index contributed by atoms with van der Waals surface area (Å²) in [5.41, 5.74) is 0.356. The van der Waals surface area contributed by atoms with Crippen LogP contribution in [0.3, 0.4) is 0 Å². The summed E-state index contributed by atoms with van der Waals surface area (Å²) in [7, 11) is -2.44. The standard InChI is InChI=1S/C25H33N3O7S/c1-5-25(6-2)17-20(19-10-7-8-11-22(19)35-25)26-24(29)12-9-15-27(36(4,32)33)21-16-18(28(30)31)13-14-23(21)34-3/h7-8,10-11,13-14,16,20H,5-6,9,12,15,17H2,1-4H3,(H,26,29)/t20-/m0/s1. The van der Waals surface area contributed by atoms with Gasteiger partial charge in [0.2, 0.25) is 15.9 Å². The number of hydrogen-bond donors (Lipinski definition) is 1. The number of rotatable bonds is 11. The van der Waals surface area contributed by atoms with E-state index < -0.39 is 14.9 Å². The Hall–Kier alpha value is -3.34. The number of amides is 1. The monoisotopic (exact) mass is 519 g/mol. The van der Waals surface area contributed by atoms with Crippen LogP contribution in [0.15, 0.2) is 42.5 Å². The molecule has 0 aromatic heterocycles. The van der Waals surface area contributed by atoms with Crippen LogP contribution >= 0.6 is 0 Å². The van der Waals surface area contributed by atoms with E-state index in [1.807, 2.05) is 24.3 Å². The molecule has 0 fully saturated rings. The van der Waals surface area contributed by atoms with Gasteiger partial charge in [0.25, 0.3) is 5.69 Å². The van der Waals surface area contributed by atoms with Gasteiger partial charge in [-0.1, -0.05) is 32.0 Å². The summed E-state index contributed by atoms with van der Waals surface area (Å²) in [5.74, 6) is 0.737. The second kappa shape index (κ2) is 11.2. The molecule has 3 rings (SSSR count). The van der Waals surface area contributed by atoms with Crippen LogP contribution < -0.4 is 19.1 Å². The maximum absolute atomic E-state index is 12.9. The van der Waals surface area contributed by atoms with E-state index in [4.69, 9.17) is 9.47 Å². The van der Waals surface area contributed by atoms with Crippen molar-refractivity contribution in [3.8, 4) is 11.5 Å². The van der Waals surface area contributed by atoms with Crippen LogP contribution in [-0.4, -0.2) is 44.8 Å². The Kier molecular flexibility index (Phi) is 8.44. The third-order valence-corrected chi connectivity index (χ3v) is 7.81. The number of non-ortho nitro benzene ring substituents is 1. The lowest BCUT2D eigenvalue weighted by molar-refractivity contribution is -0.384. The molecule has 0 saturated heterocycles. The topological polar surface area (TPSA) is 128 Å². The van der Waals surface area contributed by atoms with E-state index in [1.165, 1.54) is 19.2 Å². The second-order valence-electron chi connectivity index (χ2n) is 8.91. The van der Waals surface area contributed by atoms with Crippen LogP contribution in [0.2, 0.25) is 0 Å². The average molecular weight is 520 g/mol. The Bertz CT molecular complexity index is 1210. The number of carbonyl (C=O) groups excluding carboxylic acids is 1. The number of para-hydroxylation sites is 1. The molecule has 1 aliphatic heterocycles. The highest BCUT2D eigenvalue weighted by atomic mass is 32.2. The van der Waals surface area contributed by atoms with Crippen molar-refractivity contribution in [2.45, 2.75) is 57.6 Å². The minimum atomic E-state index is -3.80. The SMILES string of the molecule is CCC1(CC)C[C@H](NC(=O)CCCN(c2cc([N+](=O)[O-])ccc2OC)S(C)(=O)=O)c2ccccc2O1. The lowest BCUT2D eigenvalue weighted by Gasteiger charge is -2.41. The third kappa shape index (κ3) is 6.07. The van der Waals surface area contributed by atoms with Crippen molar-refractivity contribution in [1.82, 2.24) is 5.32 Å². The molecule has 2 aromatic rings. The maximum Gasteiger partial charge on any atom is 0.271 e. The van der Waals surface area contributed by atoms with E-state index in [-0.39, 0.29) is 54.1 Å². The van der Waals surface area contributed by atoms with Gasteiger partial charge in [-0.15, -0.1) is 0 Å². The first-order valence-corrected chi connectivity index (χ1v) is 13.8. The molecule has 0 radical (unpaired) electrons. The van der Waals surface area contributed by atoms with Crippen molar-refractivity contribution >= 4 is 27.3 Å². The van der Waals surface area contributed by atoms with Crippen LogP contribution in [-0.2, 0) is 14.8 Å². The number of nitro benzene ring substituents is 1. The quantitative estimate of drug-likeness (QED) is 0.345. The van der Waals surface area contributed by atoms with Gasteiger partial charge >= 0.3 is 0 Å². The van der Waals surface area contributed by atoms with E-state index in [2.05, 4.69) is 19.2 Å². The lowest BCUT2D eigenvalue weighted by atomic mass is 9.83. The predicted octanol–water partition coefficient (Wildman–Crippen LogP) is 4.35. The second-order valence-corrected chi connectivity index (χ2v) is 10.8. The van der Waals surface area contributed by atoms with Gasteiger partial charge in [0.1, 0.15) is 22.8 Å². The van der Waals surface area contributed by atoms with E-state index in [1.54, 1.807) is 0 Å². The van der Waals surface area contributed by atoms with Gasteiger partial charge in [0.15, 0.2) is 0 Å². The molecule has 1 amide bonds.